The van der Waals surface area contributed by atoms with Gasteiger partial charge in [0.05, 0.1) is 22.2 Å². The monoisotopic (exact) mass is 288 g/mol. The van der Waals surface area contributed by atoms with Crippen LogP contribution in [0.4, 0.5) is 0 Å². The number of nitrogens with zero attached hydrogens (tertiary/aromatic N) is 1. The van der Waals surface area contributed by atoms with Crippen LogP contribution in [0.1, 0.15) is 36.4 Å². The lowest BCUT2D eigenvalue weighted by Gasteiger charge is -2.20. The van der Waals surface area contributed by atoms with E-state index in [1.165, 1.54) is 0 Å². The number of sulfone groups is 1. The second-order valence-electron chi connectivity index (χ2n) is 5.10. The molecule has 1 fully saturated rings. The molecule has 4 nitrogen and oxygen atoms in total. The van der Waals surface area contributed by atoms with Crippen molar-refractivity contribution in [1.29, 1.82) is 0 Å². The highest BCUT2D eigenvalue weighted by Crippen LogP contribution is 2.25. The summed E-state index contributed by atoms with van der Waals surface area (Å²) in [5.74, 6) is 1.46. The highest BCUT2D eigenvalue weighted by Gasteiger charge is 2.24. The van der Waals surface area contributed by atoms with Gasteiger partial charge in [-0.25, -0.2) is 13.4 Å². The average molecular weight is 288 g/mol. The van der Waals surface area contributed by atoms with Crippen molar-refractivity contribution in [3.8, 4) is 0 Å². The van der Waals surface area contributed by atoms with Crippen molar-refractivity contribution in [2.24, 2.45) is 11.7 Å². The Morgan fingerprint density at radius 3 is 2.78 bits per heavy atom. The van der Waals surface area contributed by atoms with Crippen LogP contribution >= 0.6 is 11.3 Å². The maximum absolute atomic E-state index is 11.4. The molecule has 1 aliphatic heterocycles. The second kappa shape index (κ2) is 5.67. The predicted octanol–water partition coefficient (Wildman–Crippen LogP) is 1.57. The van der Waals surface area contributed by atoms with E-state index in [0.29, 0.717) is 29.9 Å². The number of nitrogens with two attached hydrogens (primary N) is 1. The molecule has 0 spiro atoms. The van der Waals surface area contributed by atoms with Crippen LogP contribution in [0.15, 0.2) is 5.38 Å². The van der Waals surface area contributed by atoms with E-state index in [0.717, 1.165) is 30.0 Å². The molecular formula is C12H20N2O2S2. The van der Waals surface area contributed by atoms with Crippen LogP contribution in [-0.2, 0) is 16.3 Å². The molecule has 2 rings (SSSR count). The highest BCUT2D eigenvalue weighted by molar-refractivity contribution is 7.91. The van der Waals surface area contributed by atoms with E-state index < -0.39 is 9.84 Å². The van der Waals surface area contributed by atoms with Gasteiger partial charge >= 0.3 is 0 Å². The smallest absolute Gasteiger partial charge is 0.150 e. The quantitative estimate of drug-likeness (QED) is 0.913. The fraction of sp³-hybridized carbons (Fsp3) is 0.750. The summed E-state index contributed by atoms with van der Waals surface area (Å²) < 4.78 is 22.7. The van der Waals surface area contributed by atoms with E-state index in [-0.39, 0.29) is 0 Å². The number of hydrogen-bond donors (Lipinski definition) is 1. The molecule has 102 valence electrons. The van der Waals surface area contributed by atoms with Crippen molar-refractivity contribution in [2.75, 3.05) is 18.1 Å². The second-order valence-corrected chi connectivity index (χ2v) is 8.35. The summed E-state index contributed by atoms with van der Waals surface area (Å²) in [7, 11) is -2.75. The maximum atomic E-state index is 11.4. The lowest BCUT2D eigenvalue weighted by atomic mass is 9.99. The van der Waals surface area contributed by atoms with Gasteiger partial charge in [0.1, 0.15) is 9.84 Å². The minimum atomic E-state index is -2.75. The van der Waals surface area contributed by atoms with E-state index in [1.54, 1.807) is 11.3 Å². The summed E-state index contributed by atoms with van der Waals surface area (Å²) >= 11 is 1.67. The SMILES string of the molecule is CC(CN)c1csc(CC2CCS(=O)(=O)CC2)n1. The molecule has 1 atom stereocenters. The van der Waals surface area contributed by atoms with Gasteiger partial charge < -0.3 is 5.73 Å². The number of hydrogen-bond acceptors (Lipinski definition) is 5. The third kappa shape index (κ3) is 3.52. The van der Waals surface area contributed by atoms with Crippen molar-refractivity contribution in [1.82, 2.24) is 4.98 Å². The van der Waals surface area contributed by atoms with E-state index in [2.05, 4.69) is 17.3 Å². The number of thiazole rings is 1. The Morgan fingerprint density at radius 1 is 1.50 bits per heavy atom. The molecule has 0 amide bonds. The van der Waals surface area contributed by atoms with Gasteiger partial charge in [-0.1, -0.05) is 6.92 Å². The van der Waals surface area contributed by atoms with Gasteiger partial charge in [0, 0.05) is 24.3 Å². The summed E-state index contributed by atoms with van der Waals surface area (Å²) in [4.78, 5) is 4.60. The van der Waals surface area contributed by atoms with Crippen molar-refractivity contribution in [3.63, 3.8) is 0 Å². The minimum absolute atomic E-state index is 0.307. The third-order valence-corrected chi connectivity index (χ3v) is 6.17. The highest BCUT2D eigenvalue weighted by atomic mass is 32.2. The van der Waals surface area contributed by atoms with Gasteiger partial charge in [-0.05, 0) is 18.8 Å². The number of rotatable bonds is 4. The molecule has 18 heavy (non-hydrogen) atoms. The van der Waals surface area contributed by atoms with Crippen molar-refractivity contribution < 1.29 is 8.42 Å². The van der Waals surface area contributed by atoms with E-state index >= 15 is 0 Å². The number of aromatic nitrogens is 1. The van der Waals surface area contributed by atoms with Crippen LogP contribution in [0, 0.1) is 5.92 Å². The molecule has 1 aromatic heterocycles. The molecule has 1 aliphatic rings. The summed E-state index contributed by atoms with van der Waals surface area (Å²) in [6, 6.07) is 0. The Hall–Kier alpha value is -0.460. The Labute approximate surface area is 113 Å². The molecule has 1 aromatic rings. The van der Waals surface area contributed by atoms with Gasteiger partial charge in [0.2, 0.25) is 0 Å². The molecular weight excluding hydrogens is 268 g/mol. The fourth-order valence-corrected chi connectivity index (χ4v) is 4.78. The molecule has 0 bridgehead atoms. The van der Waals surface area contributed by atoms with Crippen molar-refractivity contribution in [2.45, 2.75) is 32.1 Å². The van der Waals surface area contributed by atoms with Crippen LogP contribution in [0.3, 0.4) is 0 Å². The van der Waals surface area contributed by atoms with Crippen LogP contribution in [-0.4, -0.2) is 31.5 Å². The Morgan fingerprint density at radius 2 is 2.17 bits per heavy atom. The molecule has 0 saturated carbocycles. The molecule has 0 radical (unpaired) electrons. The Bertz CT molecular complexity index is 482. The van der Waals surface area contributed by atoms with Gasteiger partial charge in [-0.3, -0.25) is 0 Å². The molecule has 6 heteroatoms. The molecule has 1 saturated heterocycles. The zero-order valence-corrected chi connectivity index (χ0v) is 12.3. The van der Waals surface area contributed by atoms with E-state index in [9.17, 15) is 8.42 Å². The standard InChI is InChI=1S/C12H20N2O2S2/c1-9(7-13)11-8-17-12(14-11)6-10-2-4-18(15,16)5-3-10/h8-10H,2-7,13H2,1H3. The Balaban J connectivity index is 1.92. The first-order valence-corrected chi connectivity index (χ1v) is 9.05. The molecule has 2 heterocycles. The zero-order valence-electron chi connectivity index (χ0n) is 10.6. The molecule has 1 unspecified atom stereocenters. The topological polar surface area (TPSA) is 73.1 Å². The van der Waals surface area contributed by atoms with Crippen LogP contribution < -0.4 is 5.73 Å². The van der Waals surface area contributed by atoms with Gasteiger partial charge in [0.15, 0.2) is 0 Å². The molecule has 0 aromatic carbocycles. The first kappa shape index (κ1) is 14.0. The zero-order chi connectivity index (χ0) is 13.2. The normalized spacial score (nSPS) is 21.9. The van der Waals surface area contributed by atoms with Crippen molar-refractivity contribution in [3.05, 3.63) is 16.1 Å². The minimum Gasteiger partial charge on any atom is -0.330 e. The van der Waals surface area contributed by atoms with Crippen LogP contribution in [0.5, 0.6) is 0 Å². The summed E-state index contributed by atoms with van der Waals surface area (Å²) in [5, 5.41) is 3.20. The van der Waals surface area contributed by atoms with Crippen LogP contribution in [0.2, 0.25) is 0 Å². The third-order valence-electron chi connectivity index (χ3n) is 3.57. The van der Waals surface area contributed by atoms with Gasteiger partial charge in [0.25, 0.3) is 0 Å². The largest absolute Gasteiger partial charge is 0.330 e. The van der Waals surface area contributed by atoms with Crippen LogP contribution in [0.25, 0.3) is 0 Å². The molecule has 2 N–H and O–H groups in total. The molecule has 0 aliphatic carbocycles. The van der Waals surface area contributed by atoms with Crippen molar-refractivity contribution >= 4 is 21.2 Å². The first-order valence-electron chi connectivity index (χ1n) is 6.35. The summed E-state index contributed by atoms with van der Waals surface area (Å²) in [6.45, 7) is 2.69. The lowest BCUT2D eigenvalue weighted by molar-refractivity contribution is 0.461. The first-order chi connectivity index (χ1) is 8.50. The van der Waals surface area contributed by atoms with Gasteiger partial charge in [-0.2, -0.15) is 0 Å². The predicted molar refractivity (Wildman–Crippen MR) is 74.7 cm³/mol. The summed E-state index contributed by atoms with van der Waals surface area (Å²) in [6.07, 6.45) is 2.48. The van der Waals surface area contributed by atoms with E-state index in [4.69, 9.17) is 5.73 Å². The van der Waals surface area contributed by atoms with Gasteiger partial charge in [-0.15, -0.1) is 11.3 Å². The Kier molecular flexibility index (Phi) is 4.40. The fourth-order valence-electron chi connectivity index (χ4n) is 2.16. The lowest BCUT2D eigenvalue weighted by Crippen LogP contribution is -2.24. The maximum Gasteiger partial charge on any atom is 0.150 e. The summed E-state index contributed by atoms with van der Waals surface area (Å²) in [5.41, 5.74) is 6.70. The van der Waals surface area contributed by atoms with E-state index in [1.807, 2.05) is 0 Å². The average Bonchev–Trinajstić information content (AvgIpc) is 2.79.